The number of aliphatic hydroxyl groups is 1. The lowest BCUT2D eigenvalue weighted by molar-refractivity contribution is -0.0542. The third-order valence-electron chi connectivity index (χ3n) is 6.06. The summed E-state index contributed by atoms with van der Waals surface area (Å²) in [5, 5.41) is 13.9. The van der Waals surface area contributed by atoms with Crippen LogP contribution in [0.1, 0.15) is 41.0 Å². The van der Waals surface area contributed by atoms with Crippen molar-refractivity contribution in [1.82, 2.24) is 9.88 Å². The Bertz CT molecular complexity index is 1290. The van der Waals surface area contributed by atoms with E-state index in [-0.39, 0.29) is 23.1 Å². The van der Waals surface area contributed by atoms with Crippen LogP contribution in [0, 0.1) is 11.6 Å². The van der Waals surface area contributed by atoms with Crippen molar-refractivity contribution in [2.24, 2.45) is 0 Å². The number of aromatic nitrogens is 1. The summed E-state index contributed by atoms with van der Waals surface area (Å²) >= 11 is 1.17. The summed E-state index contributed by atoms with van der Waals surface area (Å²) in [6, 6.07) is 7.48. The minimum absolute atomic E-state index is 0.0482. The molecule has 1 saturated heterocycles. The van der Waals surface area contributed by atoms with E-state index in [1.807, 2.05) is 0 Å². The first-order chi connectivity index (χ1) is 16.2. The third kappa shape index (κ3) is 3.89. The number of nitrogens with zero attached hydrogens (tertiary/aromatic N) is 2. The van der Waals surface area contributed by atoms with Gasteiger partial charge < -0.3 is 20.1 Å². The Labute approximate surface area is 199 Å². The zero-order chi connectivity index (χ0) is 24.2. The SMILES string of the molecule is C=Cc1cc(-c2c(F)cc(C(C)(C)O)cc2F)sc1Nc1ccc2c(n1)CN(C1COC1)C2=O. The van der Waals surface area contributed by atoms with Gasteiger partial charge >= 0.3 is 0 Å². The van der Waals surface area contributed by atoms with Gasteiger partial charge in [0.05, 0.1) is 48.2 Å². The second-order valence-electron chi connectivity index (χ2n) is 8.91. The second kappa shape index (κ2) is 8.26. The maximum atomic E-state index is 14.9. The number of fused-ring (bicyclic) bond motifs is 1. The van der Waals surface area contributed by atoms with Crippen molar-refractivity contribution in [1.29, 1.82) is 0 Å². The lowest BCUT2D eigenvalue weighted by atomic mass is 9.96. The minimum Gasteiger partial charge on any atom is -0.386 e. The topological polar surface area (TPSA) is 74.7 Å². The first-order valence-corrected chi connectivity index (χ1v) is 11.6. The Morgan fingerprint density at radius 1 is 1.26 bits per heavy atom. The first kappa shape index (κ1) is 22.6. The van der Waals surface area contributed by atoms with Crippen LogP contribution in [-0.2, 0) is 16.9 Å². The zero-order valence-electron chi connectivity index (χ0n) is 18.7. The molecule has 3 aromatic rings. The highest BCUT2D eigenvalue weighted by Gasteiger charge is 2.37. The predicted molar refractivity (Wildman–Crippen MR) is 127 cm³/mol. The van der Waals surface area contributed by atoms with Crippen molar-refractivity contribution < 1.29 is 23.4 Å². The number of anilines is 2. The van der Waals surface area contributed by atoms with Crippen molar-refractivity contribution in [2.45, 2.75) is 32.0 Å². The number of ether oxygens (including phenoxy) is 1. The highest BCUT2D eigenvalue weighted by molar-refractivity contribution is 7.19. The van der Waals surface area contributed by atoms with Crippen molar-refractivity contribution in [3.05, 3.63) is 70.9 Å². The Morgan fingerprint density at radius 2 is 1.97 bits per heavy atom. The van der Waals surface area contributed by atoms with E-state index in [0.717, 1.165) is 12.1 Å². The molecule has 6 nitrogen and oxygen atoms in total. The average molecular weight is 484 g/mol. The number of carbonyl (C=O) groups excluding carboxylic acids is 1. The predicted octanol–water partition coefficient (Wildman–Crippen LogP) is 5.06. The Kier molecular flexibility index (Phi) is 5.50. The molecule has 1 amide bonds. The summed E-state index contributed by atoms with van der Waals surface area (Å²) in [5.41, 5.74) is 0.542. The molecule has 0 aliphatic carbocycles. The van der Waals surface area contributed by atoms with Crippen LogP contribution in [0.2, 0.25) is 0 Å². The van der Waals surface area contributed by atoms with Gasteiger partial charge in [0, 0.05) is 10.4 Å². The monoisotopic (exact) mass is 483 g/mol. The van der Waals surface area contributed by atoms with Crippen LogP contribution in [0.25, 0.3) is 16.5 Å². The van der Waals surface area contributed by atoms with Crippen LogP contribution >= 0.6 is 11.3 Å². The number of pyridine rings is 1. The van der Waals surface area contributed by atoms with Crippen molar-refractivity contribution in [2.75, 3.05) is 18.5 Å². The van der Waals surface area contributed by atoms with Gasteiger partial charge in [-0.2, -0.15) is 0 Å². The molecule has 4 heterocycles. The fourth-order valence-corrected chi connectivity index (χ4v) is 5.15. The fourth-order valence-electron chi connectivity index (χ4n) is 4.03. The largest absolute Gasteiger partial charge is 0.386 e. The molecule has 2 aliphatic heterocycles. The molecule has 0 saturated carbocycles. The molecular formula is C25H23F2N3O3S. The van der Waals surface area contributed by atoms with E-state index in [4.69, 9.17) is 4.74 Å². The molecule has 34 heavy (non-hydrogen) atoms. The number of hydrogen-bond donors (Lipinski definition) is 2. The smallest absolute Gasteiger partial charge is 0.256 e. The number of benzene rings is 1. The first-order valence-electron chi connectivity index (χ1n) is 10.8. The quantitative estimate of drug-likeness (QED) is 0.513. The van der Waals surface area contributed by atoms with Gasteiger partial charge in [-0.25, -0.2) is 13.8 Å². The number of amides is 1. The van der Waals surface area contributed by atoms with Crippen LogP contribution in [-0.4, -0.2) is 40.2 Å². The Morgan fingerprint density at radius 3 is 2.56 bits per heavy atom. The Hall–Kier alpha value is -3.14. The highest BCUT2D eigenvalue weighted by atomic mass is 32.1. The molecule has 5 rings (SSSR count). The summed E-state index contributed by atoms with van der Waals surface area (Å²) in [7, 11) is 0. The van der Waals surface area contributed by atoms with Crippen LogP contribution < -0.4 is 5.32 Å². The molecule has 2 N–H and O–H groups in total. The maximum Gasteiger partial charge on any atom is 0.256 e. The normalized spacial score (nSPS) is 15.9. The van der Waals surface area contributed by atoms with Gasteiger partial charge in [-0.3, -0.25) is 4.79 Å². The van der Waals surface area contributed by atoms with Gasteiger partial charge in [0.2, 0.25) is 0 Å². The second-order valence-corrected chi connectivity index (χ2v) is 9.97. The summed E-state index contributed by atoms with van der Waals surface area (Å²) < 4.78 is 34.9. The third-order valence-corrected chi connectivity index (χ3v) is 7.15. The van der Waals surface area contributed by atoms with Crippen molar-refractivity contribution >= 4 is 34.1 Å². The molecule has 0 radical (unpaired) electrons. The molecule has 9 heteroatoms. The summed E-state index contributed by atoms with van der Waals surface area (Å²) in [5.74, 6) is -1.04. The van der Waals surface area contributed by atoms with Gasteiger partial charge in [0.25, 0.3) is 5.91 Å². The molecule has 2 aromatic heterocycles. The van der Waals surface area contributed by atoms with E-state index in [1.165, 1.54) is 25.2 Å². The van der Waals surface area contributed by atoms with E-state index in [0.29, 0.717) is 52.3 Å². The number of rotatable bonds is 6. The molecule has 176 valence electrons. The summed E-state index contributed by atoms with van der Waals surface area (Å²) in [6.45, 7) is 8.25. The zero-order valence-corrected chi connectivity index (χ0v) is 19.5. The fraction of sp³-hybridized carbons (Fsp3) is 0.280. The van der Waals surface area contributed by atoms with Gasteiger partial charge in [-0.1, -0.05) is 12.7 Å². The molecular weight excluding hydrogens is 460 g/mol. The van der Waals surface area contributed by atoms with Crippen LogP contribution in [0.4, 0.5) is 19.6 Å². The van der Waals surface area contributed by atoms with E-state index < -0.39 is 17.2 Å². The molecule has 0 unspecified atom stereocenters. The van der Waals surface area contributed by atoms with E-state index in [2.05, 4.69) is 16.9 Å². The average Bonchev–Trinajstić information content (AvgIpc) is 3.26. The highest BCUT2D eigenvalue weighted by Crippen LogP contribution is 2.41. The minimum atomic E-state index is -1.36. The van der Waals surface area contributed by atoms with Crippen molar-refractivity contribution in [3.8, 4) is 10.4 Å². The number of carbonyl (C=O) groups is 1. The maximum absolute atomic E-state index is 14.9. The Balaban J connectivity index is 1.44. The van der Waals surface area contributed by atoms with Crippen LogP contribution in [0.15, 0.2) is 36.9 Å². The molecule has 0 atom stereocenters. The molecule has 1 aromatic carbocycles. The van der Waals surface area contributed by atoms with E-state index >= 15 is 0 Å². The molecule has 0 spiro atoms. The van der Waals surface area contributed by atoms with Gasteiger partial charge in [-0.15, -0.1) is 11.3 Å². The van der Waals surface area contributed by atoms with Crippen LogP contribution in [0.5, 0.6) is 0 Å². The lowest BCUT2D eigenvalue weighted by Crippen LogP contribution is -2.48. The van der Waals surface area contributed by atoms with Crippen LogP contribution in [0.3, 0.4) is 0 Å². The van der Waals surface area contributed by atoms with Crippen molar-refractivity contribution in [3.63, 3.8) is 0 Å². The number of halogens is 2. The lowest BCUT2D eigenvalue weighted by Gasteiger charge is -2.34. The summed E-state index contributed by atoms with van der Waals surface area (Å²) in [6.07, 6.45) is 1.60. The molecule has 2 aliphatic rings. The van der Waals surface area contributed by atoms with Gasteiger partial charge in [-0.05, 0) is 49.7 Å². The number of hydrogen-bond acceptors (Lipinski definition) is 6. The summed E-state index contributed by atoms with van der Waals surface area (Å²) in [4.78, 5) is 19.4. The van der Waals surface area contributed by atoms with E-state index in [1.54, 1.807) is 29.2 Å². The molecule has 1 fully saturated rings. The number of nitrogens with one attached hydrogen (secondary N) is 1. The standard InChI is InChI=1S/C25H23F2N3O3S/c1-4-13-7-20(22-17(26)8-14(9-18(22)27)25(2,3)32)34-23(13)29-21-6-5-16-19(28-21)10-30(24(16)31)15-11-33-12-15/h4-9,15,32H,1,10-12H2,2-3H3,(H,28,29). The number of thiophene rings is 1. The molecule has 0 bridgehead atoms. The van der Waals surface area contributed by atoms with Gasteiger partial charge in [0.1, 0.15) is 22.5 Å². The van der Waals surface area contributed by atoms with Gasteiger partial charge in [0.15, 0.2) is 0 Å². The van der Waals surface area contributed by atoms with E-state index in [9.17, 15) is 18.7 Å².